The van der Waals surface area contributed by atoms with Gasteiger partial charge in [0.05, 0.1) is 0 Å². The maximum absolute atomic E-state index is 2.50. The molecule has 2 aliphatic rings. The van der Waals surface area contributed by atoms with Crippen molar-refractivity contribution in [3.63, 3.8) is 0 Å². The van der Waals surface area contributed by atoms with E-state index in [0.29, 0.717) is 0 Å². The van der Waals surface area contributed by atoms with Crippen LogP contribution >= 0.6 is 0 Å². The molecule has 0 saturated carbocycles. The molecule has 0 aliphatic carbocycles. The first-order valence-corrected chi connectivity index (χ1v) is 14.3. The summed E-state index contributed by atoms with van der Waals surface area (Å²) in [6.45, 7) is 2.15. The molecule has 2 aliphatic heterocycles. The Labute approximate surface area is 198 Å². The van der Waals surface area contributed by atoms with E-state index in [1.807, 2.05) is 0 Å². The van der Waals surface area contributed by atoms with Crippen molar-refractivity contribution in [2.24, 2.45) is 0 Å². The molecule has 0 atom stereocenters. The van der Waals surface area contributed by atoms with Crippen LogP contribution in [0.2, 0.25) is 0 Å². The van der Waals surface area contributed by atoms with Crippen molar-refractivity contribution in [1.29, 1.82) is 0 Å². The summed E-state index contributed by atoms with van der Waals surface area (Å²) in [5.74, 6) is 0. The van der Waals surface area contributed by atoms with Crippen LogP contribution in [0.4, 0.5) is 28.4 Å². The predicted octanol–water partition coefficient (Wildman–Crippen LogP) is 0.116. The van der Waals surface area contributed by atoms with E-state index in [0.717, 1.165) is 0 Å². The molecule has 4 heteroatoms. The van der Waals surface area contributed by atoms with Crippen LogP contribution in [0, 0.1) is 21.2 Å². The Morgan fingerprint density at radius 3 is 1.87 bits per heavy atom. The summed E-state index contributed by atoms with van der Waals surface area (Å²) in [6.07, 6.45) is 0. The zero-order chi connectivity index (χ0) is 20.2. The summed E-state index contributed by atoms with van der Waals surface area (Å²) in [7, 11) is 2.22. The second-order valence-electron chi connectivity index (χ2n) is 7.58. The van der Waals surface area contributed by atoms with E-state index in [4.69, 9.17) is 0 Å². The quantitative estimate of drug-likeness (QED) is 0.248. The fraction of sp³-hybridized carbons (Fsp3) is 0.0769. The van der Waals surface area contributed by atoms with Gasteiger partial charge in [0.2, 0.25) is 0 Å². The van der Waals surface area contributed by atoms with Gasteiger partial charge in [-0.05, 0) is 0 Å². The van der Waals surface area contributed by atoms with Gasteiger partial charge in [-0.1, -0.05) is 0 Å². The second-order valence-corrected chi connectivity index (χ2v) is 13.3. The molecule has 0 aromatic heterocycles. The van der Waals surface area contributed by atoms with Gasteiger partial charge in [0.1, 0.15) is 0 Å². The van der Waals surface area contributed by atoms with Crippen molar-refractivity contribution < 1.29 is 42.4 Å². The van der Waals surface area contributed by atoms with Gasteiger partial charge in [-0.2, -0.15) is 0 Å². The zero-order valence-corrected chi connectivity index (χ0v) is 21.0. The third-order valence-electron chi connectivity index (χ3n) is 5.63. The van der Waals surface area contributed by atoms with Crippen LogP contribution in [-0.4, -0.2) is 7.05 Å². The Morgan fingerprint density at radius 1 is 0.567 bits per heavy atom. The average molecular weight is 614 g/mol. The van der Waals surface area contributed by atoms with E-state index in [1.54, 1.807) is 0 Å². The number of benzene rings is 4. The van der Waals surface area contributed by atoms with E-state index in [2.05, 4.69) is 109 Å². The van der Waals surface area contributed by atoms with Crippen molar-refractivity contribution in [1.82, 2.24) is 0 Å². The summed E-state index contributed by atoms with van der Waals surface area (Å²) < 4.78 is 6.05. The molecular formula is C26H20I2N2-2. The zero-order valence-electron chi connectivity index (χ0n) is 16.7. The molecule has 30 heavy (non-hydrogen) atoms. The normalized spacial score (nSPS) is 14.5. The molecule has 6 rings (SSSR count). The molecule has 150 valence electrons. The molecule has 2 nitrogen and oxygen atoms in total. The molecule has 0 bridgehead atoms. The Bertz CT molecular complexity index is 1280. The number of para-hydroxylation sites is 2. The van der Waals surface area contributed by atoms with Crippen molar-refractivity contribution >= 4 is 28.4 Å². The maximum atomic E-state index is 2.50. The number of aryl methyl sites for hydroxylation is 1. The van der Waals surface area contributed by atoms with Gasteiger partial charge in [0, 0.05) is 0 Å². The minimum atomic E-state index is -0.211. The molecule has 0 spiro atoms. The summed E-state index contributed by atoms with van der Waals surface area (Å²) >= 11 is -0.399. The van der Waals surface area contributed by atoms with E-state index < -0.39 is 0 Å². The number of anilines is 5. The monoisotopic (exact) mass is 614 g/mol. The first-order valence-electron chi connectivity index (χ1n) is 9.95. The van der Waals surface area contributed by atoms with Gasteiger partial charge >= 0.3 is 199 Å². The molecule has 4 aromatic carbocycles. The van der Waals surface area contributed by atoms with Crippen LogP contribution < -0.4 is 52.2 Å². The molecule has 4 aromatic rings. The summed E-state index contributed by atoms with van der Waals surface area (Å²) in [5, 5.41) is 0. The molecule has 2 heterocycles. The third-order valence-corrected chi connectivity index (χ3v) is 11.5. The fourth-order valence-electron chi connectivity index (χ4n) is 4.07. The summed E-state index contributed by atoms with van der Waals surface area (Å²) in [4.78, 5) is 4.88. The topological polar surface area (TPSA) is 6.48 Å². The Balaban J connectivity index is 1.56. The van der Waals surface area contributed by atoms with Crippen LogP contribution in [0.25, 0.3) is 0 Å². The van der Waals surface area contributed by atoms with Crippen molar-refractivity contribution in [3.8, 4) is 0 Å². The Morgan fingerprint density at radius 2 is 1.13 bits per heavy atom. The Kier molecular flexibility index (Phi) is 4.53. The SMILES string of the molecule is Cc1ccc(N2c3ccccc3[I-]c3cc4c(cc32)[I-]c2ccccc2N4C)cc1. The minimum absolute atomic E-state index is 0.188. The number of hydrogen-bond donors (Lipinski definition) is 0. The standard InChI is InChI=1S/C26H20I2N2/c1-17-11-13-18(14-12-17)30-24-10-6-4-8-20(24)28-22-15-25-21(16-26(22)30)27-19-7-3-5-9-23(19)29(25)2/h3-16H,1-2H3/q-2. The summed E-state index contributed by atoms with van der Waals surface area (Å²) in [5.41, 5.74) is 8.07. The van der Waals surface area contributed by atoms with Gasteiger partial charge in [0.25, 0.3) is 0 Å². The summed E-state index contributed by atoms with van der Waals surface area (Å²) in [6, 6.07) is 31.8. The van der Waals surface area contributed by atoms with Crippen LogP contribution in [0.5, 0.6) is 0 Å². The first kappa shape index (κ1) is 18.7. The van der Waals surface area contributed by atoms with Crippen molar-refractivity contribution in [2.45, 2.75) is 6.92 Å². The Hall–Kier alpha value is -2.06. The van der Waals surface area contributed by atoms with E-state index in [-0.39, 0.29) is 42.4 Å². The number of fused-ring (bicyclic) bond motifs is 4. The molecule has 0 unspecified atom stereocenters. The van der Waals surface area contributed by atoms with Crippen LogP contribution in [0.15, 0.2) is 84.9 Å². The van der Waals surface area contributed by atoms with Crippen LogP contribution in [0.3, 0.4) is 0 Å². The first-order chi connectivity index (χ1) is 14.7. The van der Waals surface area contributed by atoms with Gasteiger partial charge in [0.15, 0.2) is 0 Å². The van der Waals surface area contributed by atoms with E-state index in [9.17, 15) is 0 Å². The van der Waals surface area contributed by atoms with E-state index >= 15 is 0 Å². The van der Waals surface area contributed by atoms with Crippen LogP contribution in [-0.2, 0) is 0 Å². The second kappa shape index (κ2) is 7.27. The van der Waals surface area contributed by atoms with Gasteiger partial charge in [-0.15, -0.1) is 0 Å². The molecule has 0 saturated heterocycles. The van der Waals surface area contributed by atoms with E-state index in [1.165, 1.54) is 48.3 Å². The molecule has 0 radical (unpaired) electrons. The third kappa shape index (κ3) is 2.95. The van der Waals surface area contributed by atoms with Gasteiger partial charge in [-0.25, -0.2) is 0 Å². The number of halogens is 2. The van der Waals surface area contributed by atoms with Gasteiger partial charge < -0.3 is 0 Å². The number of hydrogen-bond acceptors (Lipinski definition) is 2. The predicted molar refractivity (Wildman–Crippen MR) is 115 cm³/mol. The average Bonchev–Trinajstić information content (AvgIpc) is 2.78. The number of nitrogens with zero attached hydrogens (tertiary/aromatic N) is 2. The number of rotatable bonds is 1. The molecule has 0 amide bonds. The van der Waals surface area contributed by atoms with Crippen molar-refractivity contribution in [2.75, 3.05) is 16.8 Å². The molecule has 0 fully saturated rings. The van der Waals surface area contributed by atoms with Crippen LogP contribution in [0.1, 0.15) is 5.56 Å². The van der Waals surface area contributed by atoms with Gasteiger partial charge in [-0.3, -0.25) is 0 Å². The molecule has 0 N–H and O–H groups in total. The molecular weight excluding hydrogens is 594 g/mol. The van der Waals surface area contributed by atoms with Crippen molar-refractivity contribution in [3.05, 3.63) is 105 Å². The fourth-order valence-corrected chi connectivity index (χ4v) is 9.98.